The van der Waals surface area contributed by atoms with Crippen molar-refractivity contribution in [1.29, 1.82) is 0 Å². The zero-order chi connectivity index (χ0) is 21.5. The fourth-order valence-electron chi connectivity index (χ4n) is 2.78. The number of ether oxygens (including phenoxy) is 1. The molecule has 2 N–H and O–H groups in total. The van der Waals surface area contributed by atoms with Crippen molar-refractivity contribution in [3.63, 3.8) is 0 Å². The first-order valence-corrected chi connectivity index (χ1v) is 9.59. The highest BCUT2D eigenvalue weighted by Crippen LogP contribution is 2.18. The molecule has 0 spiro atoms. The third-order valence-electron chi connectivity index (χ3n) is 4.28. The quantitative estimate of drug-likeness (QED) is 0.521. The number of hydrogen-bond acceptors (Lipinski definition) is 3. The van der Waals surface area contributed by atoms with E-state index in [4.69, 9.17) is 16.3 Å². The van der Waals surface area contributed by atoms with Crippen LogP contribution in [0.4, 0.5) is 0 Å². The first kappa shape index (κ1) is 21.1. The van der Waals surface area contributed by atoms with Crippen molar-refractivity contribution in [3.8, 4) is 5.75 Å². The van der Waals surface area contributed by atoms with Gasteiger partial charge in [0.1, 0.15) is 18.1 Å². The molecule has 0 radical (unpaired) electrons. The summed E-state index contributed by atoms with van der Waals surface area (Å²) in [6.45, 7) is 2.46. The summed E-state index contributed by atoms with van der Waals surface area (Å²) < 4.78 is 5.77. The molecule has 0 aliphatic rings. The molecule has 0 bridgehead atoms. The average Bonchev–Trinajstić information content (AvgIpc) is 2.73. The standard InChI is InChI=1S/C24H20ClNO4/c1-16-5-4-6-18(13-16)15-30-19-11-9-17(10-12-19)14-22(24(28)29)26-23(27)20-7-2-3-8-21(20)25/h2-14H,15H2,1H3,(H,26,27)(H,28,29)/b22-14-. The van der Waals surface area contributed by atoms with Crippen LogP contribution < -0.4 is 10.1 Å². The molecule has 0 aromatic heterocycles. The number of carbonyl (C=O) groups is 2. The second kappa shape index (κ2) is 9.76. The molecule has 0 aliphatic carbocycles. The highest BCUT2D eigenvalue weighted by Gasteiger charge is 2.15. The Labute approximate surface area is 179 Å². The number of carboxylic acids is 1. The largest absolute Gasteiger partial charge is 0.489 e. The van der Waals surface area contributed by atoms with Crippen molar-refractivity contribution in [2.24, 2.45) is 0 Å². The number of carboxylic acid groups (broad SMARTS) is 1. The van der Waals surface area contributed by atoms with Crippen LogP contribution in [0.3, 0.4) is 0 Å². The van der Waals surface area contributed by atoms with Crippen molar-refractivity contribution in [1.82, 2.24) is 5.32 Å². The fraction of sp³-hybridized carbons (Fsp3) is 0.0833. The molecule has 0 saturated carbocycles. The summed E-state index contributed by atoms with van der Waals surface area (Å²) in [5.41, 5.74) is 2.78. The molecule has 152 valence electrons. The number of benzene rings is 3. The Kier molecular flexibility index (Phi) is 6.88. The molecular formula is C24H20ClNO4. The molecule has 0 atom stereocenters. The Balaban J connectivity index is 1.69. The number of carbonyl (C=O) groups excluding carboxylic acids is 1. The first-order chi connectivity index (χ1) is 14.4. The smallest absolute Gasteiger partial charge is 0.352 e. The van der Waals surface area contributed by atoms with Crippen molar-refractivity contribution in [2.45, 2.75) is 13.5 Å². The second-order valence-corrected chi connectivity index (χ2v) is 7.05. The SMILES string of the molecule is Cc1cccc(COc2ccc(/C=C(\NC(=O)c3ccccc3Cl)C(=O)O)cc2)c1. The van der Waals surface area contributed by atoms with E-state index in [0.29, 0.717) is 17.9 Å². The summed E-state index contributed by atoms with van der Waals surface area (Å²) in [5.74, 6) is -1.19. The van der Waals surface area contributed by atoms with Crippen LogP contribution in [-0.4, -0.2) is 17.0 Å². The van der Waals surface area contributed by atoms with Crippen LogP contribution in [0.25, 0.3) is 6.08 Å². The van der Waals surface area contributed by atoms with Gasteiger partial charge in [-0.3, -0.25) is 4.79 Å². The van der Waals surface area contributed by atoms with Gasteiger partial charge in [0.2, 0.25) is 0 Å². The van der Waals surface area contributed by atoms with E-state index in [1.807, 2.05) is 25.1 Å². The van der Waals surface area contributed by atoms with Crippen molar-refractivity contribution < 1.29 is 19.4 Å². The maximum atomic E-state index is 12.3. The Morgan fingerprint density at radius 2 is 1.77 bits per heavy atom. The van der Waals surface area contributed by atoms with Crippen LogP contribution in [0.1, 0.15) is 27.0 Å². The van der Waals surface area contributed by atoms with E-state index in [2.05, 4.69) is 11.4 Å². The van der Waals surface area contributed by atoms with Gasteiger partial charge in [-0.25, -0.2) is 4.79 Å². The minimum Gasteiger partial charge on any atom is -0.489 e. The molecule has 30 heavy (non-hydrogen) atoms. The summed E-state index contributed by atoms with van der Waals surface area (Å²) in [6, 6.07) is 21.4. The molecule has 0 unspecified atom stereocenters. The van der Waals surface area contributed by atoms with Crippen LogP contribution >= 0.6 is 11.6 Å². The summed E-state index contributed by atoms with van der Waals surface area (Å²) in [4.78, 5) is 23.9. The number of nitrogens with one attached hydrogen (secondary N) is 1. The summed E-state index contributed by atoms with van der Waals surface area (Å²) in [5, 5.41) is 12.1. The summed E-state index contributed by atoms with van der Waals surface area (Å²) in [7, 11) is 0. The van der Waals surface area contributed by atoms with E-state index < -0.39 is 11.9 Å². The minimum absolute atomic E-state index is 0.200. The zero-order valence-corrected chi connectivity index (χ0v) is 17.0. The number of amides is 1. The number of halogens is 1. The van der Waals surface area contributed by atoms with Gasteiger partial charge in [-0.05, 0) is 48.4 Å². The molecule has 3 rings (SSSR count). The maximum absolute atomic E-state index is 12.3. The van der Waals surface area contributed by atoms with E-state index in [1.165, 1.54) is 12.1 Å². The van der Waals surface area contributed by atoms with Gasteiger partial charge in [0, 0.05) is 0 Å². The van der Waals surface area contributed by atoms with Crippen LogP contribution in [0.15, 0.2) is 78.5 Å². The monoisotopic (exact) mass is 421 g/mol. The maximum Gasteiger partial charge on any atom is 0.352 e. The highest BCUT2D eigenvalue weighted by atomic mass is 35.5. The molecule has 1 amide bonds. The van der Waals surface area contributed by atoms with Gasteiger partial charge in [0.15, 0.2) is 0 Å². The molecule has 0 heterocycles. The van der Waals surface area contributed by atoms with E-state index in [1.54, 1.807) is 42.5 Å². The summed E-state index contributed by atoms with van der Waals surface area (Å²) in [6.07, 6.45) is 1.38. The Bertz CT molecular complexity index is 1090. The van der Waals surface area contributed by atoms with Crippen LogP contribution in [0, 0.1) is 6.92 Å². The lowest BCUT2D eigenvalue weighted by Crippen LogP contribution is -2.27. The normalized spacial score (nSPS) is 11.1. The van der Waals surface area contributed by atoms with E-state index >= 15 is 0 Å². The third kappa shape index (κ3) is 5.72. The van der Waals surface area contributed by atoms with Gasteiger partial charge in [-0.2, -0.15) is 0 Å². The zero-order valence-electron chi connectivity index (χ0n) is 16.3. The molecule has 3 aromatic rings. The molecule has 6 heteroatoms. The third-order valence-corrected chi connectivity index (χ3v) is 4.61. The van der Waals surface area contributed by atoms with Crippen LogP contribution in [0.5, 0.6) is 5.75 Å². The Morgan fingerprint density at radius 1 is 1.03 bits per heavy atom. The van der Waals surface area contributed by atoms with Gasteiger partial charge >= 0.3 is 5.97 Å². The molecule has 0 fully saturated rings. The van der Waals surface area contributed by atoms with Gasteiger partial charge < -0.3 is 15.2 Å². The van der Waals surface area contributed by atoms with Crippen molar-refractivity contribution in [3.05, 3.63) is 106 Å². The number of aryl methyl sites for hydroxylation is 1. The fourth-order valence-corrected chi connectivity index (χ4v) is 3.00. The molecule has 0 aliphatic heterocycles. The van der Waals surface area contributed by atoms with Crippen LogP contribution in [-0.2, 0) is 11.4 Å². The van der Waals surface area contributed by atoms with Gasteiger partial charge in [-0.15, -0.1) is 0 Å². The Morgan fingerprint density at radius 3 is 2.43 bits per heavy atom. The molecule has 3 aromatic carbocycles. The molecule has 5 nitrogen and oxygen atoms in total. The second-order valence-electron chi connectivity index (χ2n) is 6.64. The first-order valence-electron chi connectivity index (χ1n) is 9.21. The van der Waals surface area contributed by atoms with Crippen molar-refractivity contribution in [2.75, 3.05) is 0 Å². The molecular weight excluding hydrogens is 402 g/mol. The average molecular weight is 422 g/mol. The topological polar surface area (TPSA) is 75.6 Å². The molecule has 0 saturated heterocycles. The number of aliphatic carboxylic acids is 1. The van der Waals surface area contributed by atoms with Gasteiger partial charge in [0.05, 0.1) is 10.6 Å². The summed E-state index contributed by atoms with van der Waals surface area (Å²) >= 11 is 6.00. The van der Waals surface area contributed by atoms with Crippen molar-refractivity contribution >= 4 is 29.6 Å². The minimum atomic E-state index is -1.25. The van der Waals surface area contributed by atoms with Crippen LogP contribution in [0.2, 0.25) is 5.02 Å². The number of hydrogen-bond donors (Lipinski definition) is 2. The van der Waals surface area contributed by atoms with Gasteiger partial charge in [0.25, 0.3) is 5.91 Å². The van der Waals surface area contributed by atoms with E-state index in [9.17, 15) is 14.7 Å². The lowest BCUT2D eigenvalue weighted by atomic mass is 10.1. The predicted molar refractivity (Wildman–Crippen MR) is 116 cm³/mol. The van der Waals surface area contributed by atoms with Gasteiger partial charge in [-0.1, -0.05) is 65.7 Å². The lowest BCUT2D eigenvalue weighted by molar-refractivity contribution is -0.132. The highest BCUT2D eigenvalue weighted by molar-refractivity contribution is 6.34. The lowest BCUT2D eigenvalue weighted by Gasteiger charge is -2.09. The number of rotatable bonds is 7. The Hall–Kier alpha value is -3.57. The van der Waals surface area contributed by atoms with E-state index in [0.717, 1.165) is 11.1 Å². The predicted octanol–water partition coefficient (Wildman–Crippen LogP) is 5.08. The van der Waals surface area contributed by atoms with E-state index in [-0.39, 0.29) is 16.3 Å².